The molecule has 0 saturated carbocycles. The Hall–Kier alpha value is -3.65. The monoisotopic (exact) mass is 488 g/mol. The molecule has 1 N–H and O–H groups in total. The van der Waals surface area contributed by atoms with Crippen molar-refractivity contribution in [1.82, 2.24) is 28.9 Å². The third-order valence-electron chi connectivity index (χ3n) is 7.55. The largest absolute Gasteiger partial charge is 0.357 e. The van der Waals surface area contributed by atoms with Crippen LogP contribution in [0.5, 0.6) is 0 Å². The molecule has 0 spiro atoms. The van der Waals surface area contributed by atoms with Crippen LogP contribution >= 0.6 is 0 Å². The van der Waals surface area contributed by atoms with Crippen LogP contribution in [0.4, 0.5) is 0 Å². The van der Waals surface area contributed by atoms with Gasteiger partial charge in [0.15, 0.2) is 0 Å². The predicted octanol–water partition coefficient (Wildman–Crippen LogP) is 4.26. The summed E-state index contributed by atoms with van der Waals surface area (Å²) in [5.74, 6) is 0.0356. The zero-order valence-corrected chi connectivity index (χ0v) is 21.3. The molecule has 1 aliphatic rings. The molecule has 8 nitrogen and oxygen atoms in total. The van der Waals surface area contributed by atoms with E-state index in [0.717, 1.165) is 60.1 Å². The molecular formula is C28H36N6O2. The third kappa shape index (κ3) is 4.15. The number of benzene rings is 1. The van der Waals surface area contributed by atoms with Crippen molar-refractivity contribution in [3.63, 3.8) is 0 Å². The number of H-pyrrole nitrogens is 1. The number of piperazine rings is 1. The number of hydrogen-bond acceptors (Lipinski definition) is 4. The molecule has 0 radical (unpaired) electrons. The first-order chi connectivity index (χ1) is 17.4. The van der Waals surface area contributed by atoms with E-state index in [0.29, 0.717) is 30.1 Å². The lowest BCUT2D eigenvalue weighted by Gasteiger charge is -2.37. The van der Waals surface area contributed by atoms with E-state index in [1.54, 1.807) is 17.1 Å². The molecule has 1 fully saturated rings. The number of carbonyl (C=O) groups excluding carboxylic acids is 1. The zero-order chi connectivity index (χ0) is 25.4. The van der Waals surface area contributed by atoms with Gasteiger partial charge in [-0.25, -0.2) is 4.98 Å². The number of nitrogens with zero attached hydrogens (tertiary/aromatic N) is 5. The Morgan fingerprint density at radius 2 is 2.03 bits per heavy atom. The number of allylic oxidation sites excluding steroid dienone is 1. The standard InChI is InChI=1S/C28H34N6O2.H2/c1-5-7-10-34-17-23(21-8-9-29-26(21)28(34)36)22-15-20(16-24-25(22)30-18-31(24)4)27(35)33-13-11-32(12-14-33)19(3)6-2;/h5,8-9,15-19,29H,1,6-7,10-14H2,2-4H3;1H. The van der Waals surface area contributed by atoms with Crippen LogP contribution in [0.25, 0.3) is 33.1 Å². The number of imidazole rings is 1. The van der Waals surface area contributed by atoms with Gasteiger partial charge in [-0.1, -0.05) is 13.0 Å². The summed E-state index contributed by atoms with van der Waals surface area (Å²) in [6, 6.07) is 6.33. The van der Waals surface area contributed by atoms with Crippen LogP contribution in [0.1, 0.15) is 38.5 Å². The summed E-state index contributed by atoms with van der Waals surface area (Å²) in [4.78, 5) is 38.9. The molecule has 3 aromatic heterocycles. The average molecular weight is 489 g/mol. The molecule has 36 heavy (non-hydrogen) atoms. The molecule has 4 heterocycles. The lowest BCUT2D eigenvalue weighted by molar-refractivity contribution is 0.0580. The smallest absolute Gasteiger partial charge is 0.274 e. The molecule has 1 aromatic carbocycles. The highest BCUT2D eigenvalue weighted by atomic mass is 16.2. The normalized spacial score (nSPS) is 15.6. The topological polar surface area (TPSA) is 79.2 Å². The van der Waals surface area contributed by atoms with E-state index in [-0.39, 0.29) is 12.9 Å². The Morgan fingerprint density at radius 3 is 2.75 bits per heavy atom. The van der Waals surface area contributed by atoms with Gasteiger partial charge < -0.3 is 19.0 Å². The summed E-state index contributed by atoms with van der Waals surface area (Å²) < 4.78 is 3.66. The molecule has 4 aromatic rings. The van der Waals surface area contributed by atoms with Crippen molar-refractivity contribution in [3.05, 3.63) is 65.5 Å². The van der Waals surface area contributed by atoms with Crippen LogP contribution in [0.2, 0.25) is 0 Å². The van der Waals surface area contributed by atoms with Gasteiger partial charge in [0.25, 0.3) is 11.5 Å². The van der Waals surface area contributed by atoms with E-state index >= 15 is 0 Å². The molecule has 1 amide bonds. The SMILES string of the molecule is C=CCCn1cc(-c2cc(C(=O)N3CCN(C(C)CC)CC3)cc3c2ncn3C)c2cc[nH]c2c1=O.[HH]. The van der Waals surface area contributed by atoms with Crippen LogP contribution in [-0.4, -0.2) is 67.0 Å². The fourth-order valence-electron chi connectivity index (χ4n) is 5.18. The number of rotatable bonds is 7. The zero-order valence-electron chi connectivity index (χ0n) is 21.3. The predicted molar refractivity (Wildman–Crippen MR) is 146 cm³/mol. The number of aromatic amines is 1. The van der Waals surface area contributed by atoms with Crippen LogP contribution in [0, 0.1) is 0 Å². The number of pyridine rings is 1. The molecule has 0 aliphatic carbocycles. The van der Waals surface area contributed by atoms with Crippen LogP contribution in [0.15, 0.2) is 54.4 Å². The fourth-order valence-corrected chi connectivity index (χ4v) is 5.18. The maximum absolute atomic E-state index is 13.7. The summed E-state index contributed by atoms with van der Waals surface area (Å²) in [5.41, 5.74) is 4.57. The maximum Gasteiger partial charge on any atom is 0.274 e. The van der Waals surface area contributed by atoms with Gasteiger partial charge in [0.05, 0.1) is 17.4 Å². The van der Waals surface area contributed by atoms with E-state index in [4.69, 9.17) is 0 Å². The van der Waals surface area contributed by atoms with E-state index < -0.39 is 0 Å². The number of nitrogens with one attached hydrogen (secondary N) is 1. The highest BCUT2D eigenvalue weighted by Crippen LogP contribution is 2.33. The van der Waals surface area contributed by atoms with Gasteiger partial charge in [0.1, 0.15) is 5.52 Å². The van der Waals surface area contributed by atoms with Crippen molar-refractivity contribution < 1.29 is 6.22 Å². The molecule has 1 saturated heterocycles. The van der Waals surface area contributed by atoms with E-state index in [9.17, 15) is 9.59 Å². The van der Waals surface area contributed by atoms with Crippen LogP contribution in [0.3, 0.4) is 0 Å². The Balaban J connectivity index is 0.00000320. The minimum atomic E-state index is -0.0655. The molecule has 8 heteroatoms. The van der Waals surface area contributed by atoms with Gasteiger partial charge >= 0.3 is 0 Å². The van der Waals surface area contributed by atoms with Crippen molar-refractivity contribution in [2.45, 2.75) is 39.3 Å². The van der Waals surface area contributed by atoms with Crippen molar-refractivity contribution in [1.29, 1.82) is 0 Å². The molecule has 1 unspecified atom stereocenters. The lowest BCUT2D eigenvalue weighted by Crippen LogP contribution is -2.51. The van der Waals surface area contributed by atoms with Gasteiger partial charge in [-0.2, -0.15) is 0 Å². The summed E-state index contributed by atoms with van der Waals surface area (Å²) in [6.07, 6.45) is 9.06. The second-order valence-corrected chi connectivity index (χ2v) is 9.72. The first-order valence-corrected chi connectivity index (χ1v) is 12.7. The minimum Gasteiger partial charge on any atom is -0.357 e. The second-order valence-electron chi connectivity index (χ2n) is 9.72. The minimum absolute atomic E-state index is 0. The van der Waals surface area contributed by atoms with Crippen molar-refractivity contribution in [3.8, 4) is 11.1 Å². The number of fused-ring (bicyclic) bond motifs is 2. The number of hydrogen-bond donors (Lipinski definition) is 1. The summed E-state index contributed by atoms with van der Waals surface area (Å²) in [7, 11) is 1.94. The van der Waals surface area contributed by atoms with E-state index in [1.807, 2.05) is 47.0 Å². The second kappa shape index (κ2) is 9.78. The Bertz CT molecular complexity index is 1490. The van der Waals surface area contributed by atoms with Gasteiger partial charge in [-0.05, 0) is 38.0 Å². The maximum atomic E-state index is 13.7. The third-order valence-corrected chi connectivity index (χ3v) is 7.55. The van der Waals surface area contributed by atoms with Crippen molar-refractivity contribution in [2.24, 2.45) is 7.05 Å². The van der Waals surface area contributed by atoms with E-state index in [1.165, 1.54) is 0 Å². The highest BCUT2D eigenvalue weighted by molar-refractivity contribution is 6.06. The van der Waals surface area contributed by atoms with Gasteiger partial charge in [-0.15, -0.1) is 6.58 Å². The summed E-state index contributed by atoms with van der Waals surface area (Å²) >= 11 is 0. The summed E-state index contributed by atoms with van der Waals surface area (Å²) in [5, 5.41) is 0.827. The number of carbonyl (C=O) groups is 1. The number of amides is 1. The fraction of sp³-hybridized carbons (Fsp3) is 0.393. The summed E-state index contributed by atoms with van der Waals surface area (Å²) in [6.45, 7) is 12.0. The molecule has 1 aliphatic heterocycles. The Kier molecular flexibility index (Phi) is 6.53. The Morgan fingerprint density at radius 1 is 1.25 bits per heavy atom. The lowest BCUT2D eigenvalue weighted by atomic mass is 9.98. The number of aromatic nitrogens is 4. The van der Waals surface area contributed by atoms with Gasteiger partial charge in [-0.3, -0.25) is 14.5 Å². The van der Waals surface area contributed by atoms with E-state index in [2.05, 4.69) is 35.3 Å². The first-order valence-electron chi connectivity index (χ1n) is 12.7. The van der Waals surface area contributed by atoms with Gasteiger partial charge in [0, 0.05) is 81.7 Å². The molecule has 5 rings (SSSR count). The highest BCUT2D eigenvalue weighted by Gasteiger charge is 2.26. The molecule has 0 bridgehead atoms. The molecule has 190 valence electrons. The number of aryl methyl sites for hydroxylation is 2. The first kappa shape index (κ1) is 24.1. The average Bonchev–Trinajstić information content (AvgIpc) is 3.55. The van der Waals surface area contributed by atoms with Crippen LogP contribution < -0.4 is 5.56 Å². The van der Waals surface area contributed by atoms with Crippen LogP contribution in [-0.2, 0) is 13.6 Å². The van der Waals surface area contributed by atoms with Crippen molar-refractivity contribution in [2.75, 3.05) is 26.2 Å². The van der Waals surface area contributed by atoms with Crippen molar-refractivity contribution >= 4 is 27.8 Å². The van der Waals surface area contributed by atoms with Gasteiger partial charge in [0.2, 0.25) is 0 Å². The molecule has 1 atom stereocenters. The Labute approximate surface area is 212 Å². The molecular weight excluding hydrogens is 452 g/mol. The quantitative estimate of drug-likeness (QED) is 0.394.